The Bertz CT molecular complexity index is 1220. The van der Waals surface area contributed by atoms with Gasteiger partial charge < -0.3 is 9.84 Å². The summed E-state index contributed by atoms with van der Waals surface area (Å²) in [6, 6.07) is 14.9. The van der Waals surface area contributed by atoms with E-state index in [1.165, 1.54) is 12.4 Å². The average molecular weight is 371 g/mol. The van der Waals surface area contributed by atoms with E-state index in [0.717, 1.165) is 21.5 Å². The number of rotatable bonds is 0. The zero-order chi connectivity index (χ0) is 19.3. The SMILES string of the molecule is O=C(O)N1/C=c2/cccc/c2=N\c2ccnc3ccc(cc23)OC/C=C\C=C\1. The summed E-state index contributed by atoms with van der Waals surface area (Å²) in [5.74, 6) is 0.715. The van der Waals surface area contributed by atoms with Crippen LogP contribution in [0.15, 0.2) is 84.1 Å². The molecule has 0 fully saturated rings. The standard InChI is InChI=1S/C22H17N3O3/c26-22(27)25-12-4-1-5-13-28-17-8-9-20-18(14-17)21(10-11-23-20)24-19-7-3-2-6-16(19)15-25/h1-12,14-15H,13H2,(H,26,27)/b5-1-,12-4+,16-15-,24-19+. The Kier molecular flexibility index (Phi) is 4.84. The maximum absolute atomic E-state index is 11.6. The Labute approximate surface area is 161 Å². The molecule has 1 N–H and O–H groups in total. The van der Waals surface area contributed by atoms with E-state index in [9.17, 15) is 9.90 Å². The van der Waals surface area contributed by atoms with Gasteiger partial charge in [0.15, 0.2) is 0 Å². The summed E-state index contributed by atoms with van der Waals surface area (Å²) in [5, 5.41) is 11.7. The van der Waals surface area contributed by atoms with E-state index < -0.39 is 6.09 Å². The van der Waals surface area contributed by atoms with E-state index >= 15 is 0 Å². The van der Waals surface area contributed by atoms with Gasteiger partial charge in [0, 0.05) is 29.2 Å². The zero-order valence-electron chi connectivity index (χ0n) is 14.9. The maximum atomic E-state index is 11.6. The summed E-state index contributed by atoms with van der Waals surface area (Å²) >= 11 is 0. The summed E-state index contributed by atoms with van der Waals surface area (Å²) in [6.07, 6.45) is 8.83. The van der Waals surface area contributed by atoms with Crippen LogP contribution in [0.2, 0.25) is 0 Å². The largest absolute Gasteiger partial charge is 0.490 e. The molecule has 0 spiro atoms. The second kappa shape index (κ2) is 7.75. The average Bonchev–Trinajstić information content (AvgIpc) is 2.71. The van der Waals surface area contributed by atoms with Crippen LogP contribution in [-0.4, -0.2) is 27.7 Å². The molecule has 0 aliphatic carbocycles. The first kappa shape index (κ1) is 17.5. The number of pyridine rings is 1. The van der Waals surface area contributed by atoms with Crippen molar-refractivity contribution in [3.05, 3.63) is 89.7 Å². The number of hydrogen-bond donors (Lipinski definition) is 1. The lowest BCUT2D eigenvalue weighted by molar-refractivity contribution is 0.179. The molecule has 0 saturated heterocycles. The molecule has 0 unspecified atom stereocenters. The molecule has 3 aromatic rings. The number of carbonyl (C=O) groups is 1. The predicted molar refractivity (Wildman–Crippen MR) is 107 cm³/mol. The molecule has 0 saturated carbocycles. The summed E-state index contributed by atoms with van der Waals surface area (Å²) in [4.78, 5) is 21.9. The van der Waals surface area contributed by atoms with Crippen LogP contribution in [0, 0.1) is 0 Å². The zero-order valence-corrected chi connectivity index (χ0v) is 14.9. The van der Waals surface area contributed by atoms with Gasteiger partial charge in [-0.1, -0.05) is 24.3 Å². The van der Waals surface area contributed by atoms with Crippen LogP contribution < -0.4 is 15.3 Å². The number of fused-ring (bicyclic) bond motifs is 2. The molecule has 1 aromatic heterocycles. The number of hydrogen-bond acceptors (Lipinski definition) is 4. The van der Waals surface area contributed by atoms with Gasteiger partial charge in [-0.05, 0) is 42.5 Å². The molecule has 1 aliphatic heterocycles. The van der Waals surface area contributed by atoms with Gasteiger partial charge in [-0.2, -0.15) is 0 Å². The van der Waals surface area contributed by atoms with Crippen LogP contribution in [-0.2, 0) is 0 Å². The van der Waals surface area contributed by atoms with E-state index in [-0.39, 0.29) is 0 Å². The van der Waals surface area contributed by atoms with Gasteiger partial charge in [0.25, 0.3) is 0 Å². The Balaban J connectivity index is 2.00. The minimum atomic E-state index is -1.09. The van der Waals surface area contributed by atoms with Crippen molar-refractivity contribution in [2.75, 3.05) is 6.61 Å². The van der Waals surface area contributed by atoms with E-state index in [0.29, 0.717) is 22.9 Å². The Morgan fingerprint density at radius 3 is 2.89 bits per heavy atom. The monoisotopic (exact) mass is 371 g/mol. The van der Waals surface area contributed by atoms with Crippen molar-refractivity contribution < 1.29 is 14.6 Å². The summed E-state index contributed by atoms with van der Waals surface area (Å²) in [6.45, 7) is 0.361. The topological polar surface area (TPSA) is 75.0 Å². The third kappa shape index (κ3) is 3.76. The third-order valence-corrected chi connectivity index (χ3v) is 4.21. The fourth-order valence-corrected chi connectivity index (χ4v) is 2.86. The van der Waals surface area contributed by atoms with E-state index in [2.05, 4.69) is 4.98 Å². The second-order valence-corrected chi connectivity index (χ2v) is 6.08. The number of ether oxygens (including phenoxy) is 1. The molecule has 4 rings (SSSR count). The summed E-state index contributed by atoms with van der Waals surface area (Å²) < 4.78 is 5.76. The van der Waals surface area contributed by atoms with Crippen LogP contribution in [0.25, 0.3) is 17.1 Å². The normalized spacial score (nSPS) is 18.4. The summed E-state index contributed by atoms with van der Waals surface area (Å²) in [7, 11) is 0. The number of aromatic nitrogens is 1. The van der Waals surface area contributed by atoms with Crippen LogP contribution >= 0.6 is 0 Å². The van der Waals surface area contributed by atoms with Gasteiger partial charge in [0.1, 0.15) is 12.4 Å². The highest BCUT2D eigenvalue weighted by molar-refractivity contribution is 5.90. The van der Waals surface area contributed by atoms with Crippen LogP contribution in [0.4, 0.5) is 10.5 Å². The molecule has 0 radical (unpaired) electrons. The Morgan fingerprint density at radius 2 is 2.00 bits per heavy atom. The first-order valence-electron chi connectivity index (χ1n) is 8.72. The van der Waals surface area contributed by atoms with Crippen molar-refractivity contribution >= 4 is 28.9 Å². The van der Waals surface area contributed by atoms with Gasteiger partial charge in [-0.25, -0.2) is 9.79 Å². The van der Waals surface area contributed by atoms with Crippen molar-refractivity contribution in [3.8, 4) is 5.75 Å². The van der Waals surface area contributed by atoms with Crippen LogP contribution in [0.3, 0.4) is 0 Å². The lowest BCUT2D eigenvalue weighted by Gasteiger charge is -2.07. The number of carboxylic acid groups (broad SMARTS) is 1. The predicted octanol–water partition coefficient (Wildman–Crippen LogP) is 3.37. The molecule has 138 valence electrons. The lowest BCUT2D eigenvalue weighted by atomic mass is 10.2. The highest BCUT2D eigenvalue weighted by atomic mass is 16.5. The van der Waals surface area contributed by atoms with Gasteiger partial charge in [0.05, 0.1) is 16.6 Å². The van der Waals surface area contributed by atoms with Crippen LogP contribution in [0.5, 0.6) is 5.75 Å². The first-order chi connectivity index (χ1) is 13.7. The van der Waals surface area contributed by atoms with Gasteiger partial charge in [-0.15, -0.1) is 0 Å². The molecule has 2 bridgehead atoms. The molecular weight excluding hydrogens is 354 g/mol. The number of para-hydroxylation sites is 1. The minimum Gasteiger partial charge on any atom is -0.490 e. The molecule has 28 heavy (non-hydrogen) atoms. The van der Waals surface area contributed by atoms with Crippen LogP contribution in [0.1, 0.15) is 0 Å². The molecular formula is C22H17N3O3. The van der Waals surface area contributed by atoms with Gasteiger partial charge >= 0.3 is 6.09 Å². The van der Waals surface area contributed by atoms with Crippen molar-refractivity contribution in [2.45, 2.75) is 0 Å². The minimum absolute atomic E-state index is 0.361. The molecule has 1 aliphatic rings. The van der Waals surface area contributed by atoms with E-state index in [1.807, 2.05) is 54.6 Å². The number of allylic oxidation sites excluding steroid dienone is 2. The molecule has 1 amide bonds. The smallest absolute Gasteiger partial charge is 0.415 e. The molecule has 6 nitrogen and oxygen atoms in total. The van der Waals surface area contributed by atoms with Crippen molar-refractivity contribution in [1.82, 2.24) is 9.88 Å². The number of amides is 1. The fourth-order valence-electron chi connectivity index (χ4n) is 2.86. The third-order valence-electron chi connectivity index (χ3n) is 4.21. The Hall–Kier alpha value is -3.93. The first-order valence-corrected chi connectivity index (χ1v) is 8.72. The lowest BCUT2D eigenvalue weighted by Crippen LogP contribution is -2.29. The molecule has 2 heterocycles. The summed E-state index contributed by atoms with van der Waals surface area (Å²) in [5.41, 5.74) is 1.54. The maximum Gasteiger partial charge on any atom is 0.415 e. The quantitative estimate of drug-likeness (QED) is 0.657. The number of nitrogens with zero attached hydrogens (tertiary/aromatic N) is 3. The number of benzene rings is 2. The second-order valence-electron chi connectivity index (χ2n) is 6.08. The van der Waals surface area contributed by atoms with Crippen molar-refractivity contribution in [2.24, 2.45) is 4.99 Å². The van der Waals surface area contributed by atoms with Crippen molar-refractivity contribution in [1.29, 1.82) is 0 Å². The van der Waals surface area contributed by atoms with Crippen molar-refractivity contribution in [3.63, 3.8) is 0 Å². The van der Waals surface area contributed by atoms with E-state index in [1.54, 1.807) is 18.3 Å². The van der Waals surface area contributed by atoms with Gasteiger partial charge in [0.2, 0.25) is 0 Å². The van der Waals surface area contributed by atoms with E-state index in [4.69, 9.17) is 9.73 Å². The highest BCUT2D eigenvalue weighted by Gasteiger charge is 2.06. The molecule has 6 heteroatoms. The Morgan fingerprint density at radius 1 is 1.11 bits per heavy atom. The molecule has 2 aromatic carbocycles. The highest BCUT2D eigenvalue weighted by Crippen LogP contribution is 2.27. The van der Waals surface area contributed by atoms with Gasteiger partial charge in [-0.3, -0.25) is 9.88 Å². The fraction of sp³-hybridized carbons (Fsp3) is 0.0455. The molecule has 0 atom stereocenters.